The highest BCUT2D eigenvalue weighted by Gasteiger charge is 2.17. The van der Waals surface area contributed by atoms with E-state index >= 15 is 0 Å². The molecule has 0 fully saturated rings. The largest absolute Gasteiger partial charge is 0.493 e. The van der Waals surface area contributed by atoms with Crippen LogP contribution in [0.4, 0.5) is 5.69 Å². The van der Waals surface area contributed by atoms with Gasteiger partial charge in [0.1, 0.15) is 0 Å². The predicted octanol–water partition coefficient (Wildman–Crippen LogP) is 2.55. The fourth-order valence-corrected chi connectivity index (χ4v) is 1.54. The average Bonchev–Trinajstić information content (AvgIpc) is 2.71. The first kappa shape index (κ1) is 11.1. The number of non-ortho nitro benzene ring substituents is 1. The van der Waals surface area contributed by atoms with Crippen LogP contribution >= 0.6 is 0 Å². The van der Waals surface area contributed by atoms with Crippen LogP contribution in [-0.2, 0) is 0 Å². The number of ether oxygens (including phenoxy) is 1. The molecular weight excluding hydrogens is 226 g/mol. The molecular formula is C11H9NO5. The van der Waals surface area contributed by atoms with Crippen molar-refractivity contribution in [1.82, 2.24) is 0 Å². The molecule has 1 aromatic carbocycles. The molecule has 6 nitrogen and oxygen atoms in total. The average molecular weight is 235 g/mol. The van der Waals surface area contributed by atoms with E-state index in [9.17, 15) is 14.9 Å². The number of methoxy groups -OCH3 is 1. The van der Waals surface area contributed by atoms with Gasteiger partial charge in [-0.1, -0.05) is 0 Å². The number of fused-ring (bicyclic) bond motifs is 1. The highest BCUT2D eigenvalue weighted by atomic mass is 16.6. The van der Waals surface area contributed by atoms with Crippen LogP contribution < -0.4 is 4.74 Å². The Morgan fingerprint density at radius 2 is 2.12 bits per heavy atom. The molecule has 0 N–H and O–H groups in total. The molecule has 0 aliphatic rings. The summed E-state index contributed by atoms with van der Waals surface area (Å²) in [6, 6.07) is 4.07. The third-order valence-corrected chi connectivity index (χ3v) is 2.34. The third kappa shape index (κ3) is 1.84. The molecule has 1 aromatic heterocycles. The van der Waals surface area contributed by atoms with E-state index in [1.54, 1.807) is 0 Å². The molecule has 0 aliphatic carbocycles. The molecule has 0 aliphatic heterocycles. The van der Waals surface area contributed by atoms with Gasteiger partial charge in [0.2, 0.25) is 0 Å². The topological polar surface area (TPSA) is 82.6 Å². The van der Waals surface area contributed by atoms with E-state index in [4.69, 9.17) is 9.15 Å². The van der Waals surface area contributed by atoms with Gasteiger partial charge in [0.05, 0.1) is 18.1 Å². The van der Waals surface area contributed by atoms with Crippen molar-refractivity contribution < 1.29 is 18.9 Å². The fourth-order valence-electron chi connectivity index (χ4n) is 1.54. The summed E-state index contributed by atoms with van der Waals surface area (Å²) in [5.41, 5.74) is 0.230. The van der Waals surface area contributed by atoms with Gasteiger partial charge in [0.15, 0.2) is 22.9 Å². The highest BCUT2D eigenvalue weighted by molar-refractivity contribution is 5.97. The molecule has 0 bridgehead atoms. The monoisotopic (exact) mass is 235 g/mol. The number of ketones is 1. The van der Waals surface area contributed by atoms with E-state index in [1.165, 1.54) is 32.2 Å². The minimum atomic E-state index is -0.525. The number of nitrogens with zero attached hydrogens (tertiary/aromatic N) is 1. The molecule has 0 spiro atoms. The van der Waals surface area contributed by atoms with E-state index < -0.39 is 4.92 Å². The molecule has 1 heterocycles. The zero-order chi connectivity index (χ0) is 12.6. The fraction of sp³-hybridized carbons (Fsp3) is 0.182. The summed E-state index contributed by atoms with van der Waals surface area (Å²) in [6.45, 7) is 1.36. The first-order valence-corrected chi connectivity index (χ1v) is 4.80. The number of nitro groups is 1. The second kappa shape index (κ2) is 3.89. The van der Waals surface area contributed by atoms with Crippen molar-refractivity contribution in [2.75, 3.05) is 7.11 Å². The second-order valence-electron chi connectivity index (χ2n) is 3.49. The molecule has 0 amide bonds. The summed E-state index contributed by atoms with van der Waals surface area (Å²) >= 11 is 0. The number of carbonyl (C=O) groups is 1. The number of Topliss-reactive ketones (excluding diaryl/α,β-unsaturated/α-hetero) is 1. The molecule has 17 heavy (non-hydrogen) atoms. The first-order valence-electron chi connectivity index (χ1n) is 4.80. The quantitative estimate of drug-likeness (QED) is 0.463. The maximum Gasteiger partial charge on any atom is 0.274 e. The zero-order valence-corrected chi connectivity index (χ0v) is 9.22. The number of hydrogen-bond acceptors (Lipinski definition) is 5. The van der Waals surface area contributed by atoms with Crippen LogP contribution in [0.1, 0.15) is 17.5 Å². The molecule has 0 saturated carbocycles. The lowest BCUT2D eigenvalue weighted by Crippen LogP contribution is -1.90. The molecule has 0 unspecified atom stereocenters. The van der Waals surface area contributed by atoms with Gasteiger partial charge in [-0.25, -0.2) is 0 Å². The Kier molecular flexibility index (Phi) is 2.55. The van der Waals surface area contributed by atoms with Crippen LogP contribution in [0.25, 0.3) is 11.0 Å². The minimum absolute atomic E-state index is 0.106. The van der Waals surface area contributed by atoms with Crippen molar-refractivity contribution in [2.45, 2.75) is 6.92 Å². The summed E-state index contributed by atoms with van der Waals surface area (Å²) < 4.78 is 10.3. The summed E-state index contributed by atoms with van der Waals surface area (Å²) in [7, 11) is 1.38. The van der Waals surface area contributed by atoms with Crippen molar-refractivity contribution in [3.05, 3.63) is 34.1 Å². The Morgan fingerprint density at radius 3 is 2.65 bits per heavy atom. The number of furan rings is 1. The van der Waals surface area contributed by atoms with Crippen LogP contribution in [0, 0.1) is 10.1 Å². The summed E-state index contributed by atoms with van der Waals surface area (Å²) in [4.78, 5) is 21.3. The lowest BCUT2D eigenvalue weighted by Gasteiger charge is -2.00. The molecule has 2 aromatic rings. The van der Waals surface area contributed by atoms with Crippen LogP contribution in [0.15, 0.2) is 22.6 Å². The lowest BCUT2D eigenvalue weighted by molar-refractivity contribution is -0.384. The Labute approximate surface area is 95.9 Å². The van der Waals surface area contributed by atoms with Crippen molar-refractivity contribution in [1.29, 1.82) is 0 Å². The SMILES string of the molecule is COc1cc([N+](=O)[O-])cc2cc(C(C)=O)oc12. The molecule has 2 rings (SSSR count). The standard InChI is InChI=1S/C11H9NO5/c1-6(13)9-4-7-3-8(12(14)15)5-10(16-2)11(7)17-9/h3-5H,1-2H3. The summed E-state index contributed by atoms with van der Waals surface area (Å²) in [5.74, 6) is 0.145. The Balaban J connectivity index is 2.73. The summed E-state index contributed by atoms with van der Waals surface area (Å²) in [6.07, 6.45) is 0. The van der Waals surface area contributed by atoms with E-state index in [1.807, 2.05) is 0 Å². The van der Waals surface area contributed by atoms with E-state index in [0.717, 1.165) is 0 Å². The number of nitro benzene ring substituents is 1. The molecule has 0 radical (unpaired) electrons. The van der Waals surface area contributed by atoms with Crippen LogP contribution in [0.3, 0.4) is 0 Å². The van der Waals surface area contributed by atoms with Crippen molar-refractivity contribution in [3.63, 3.8) is 0 Å². The summed E-state index contributed by atoms with van der Waals surface area (Å²) in [5, 5.41) is 11.2. The van der Waals surface area contributed by atoms with Gasteiger partial charge in [-0.2, -0.15) is 0 Å². The van der Waals surface area contributed by atoms with E-state index in [0.29, 0.717) is 11.0 Å². The Hall–Kier alpha value is -2.37. The van der Waals surface area contributed by atoms with E-state index in [-0.39, 0.29) is 23.0 Å². The second-order valence-corrected chi connectivity index (χ2v) is 3.49. The van der Waals surface area contributed by atoms with Gasteiger partial charge >= 0.3 is 0 Å². The van der Waals surface area contributed by atoms with Gasteiger partial charge in [0.25, 0.3) is 5.69 Å². The van der Waals surface area contributed by atoms with E-state index in [2.05, 4.69) is 0 Å². The van der Waals surface area contributed by atoms with Gasteiger partial charge in [-0.3, -0.25) is 14.9 Å². The Morgan fingerprint density at radius 1 is 1.41 bits per heavy atom. The Bertz CT molecular complexity index is 614. The smallest absolute Gasteiger partial charge is 0.274 e. The maximum absolute atomic E-state index is 11.2. The van der Waals surface area contributed by atoms with Gasteiger partial charge in [-0.05, 0) is 6.07 Å². The predicted molar refractivity (Wildman–Crippen MR) is 59.4 cm³/mol. The minimum Gasteiger partial charge on any atom is -0.493 e. The van der Waals surface area contributed by atoms with Crippen molar-refractivity contribution in [2.24, 2.45) is 0 Å². The van der Waals surface area contributed by atoms with Gasteiger partial charge in [0, 0.05) is 18.4 Å². The molecule has 0 atom stereocenters. The lowest BCUT2D eigenvalue weighted by atomic mass is 10.2. The number of benzene rings is 1. The number of hydrogen-bond donors (Lipinski definition) is 0. The van der Waals surface area contributed by atoms with Crippen LogP contribution in [-0.4, -0.2) is 17.8 Å². The molecule has 6 heteroatoms. The van der Waals surface area contributed by atoms with Crippen molar-refractivity contribution >= 4 is 22.4 Å². The number of carbonyl (C=O) groups excluding carboxylic acids is 1. The normalized spacial score (nSPS) is 10.5. The highest BCUT2D eigenvalue weighted by Crippen LogP contribution is 2.33. The number of rotatable bonds is 3. The van der Waals surface area contributed by atoms with Crippen molar-refractivity contribution in [3.8, 4) is 5.75 Å². The van der Waals surface area contributed by atoms with Crippen LogP contribution in [0.5, 0.6) is 5.75 Å². The van der Waals surface area contributed by atoms with Crippen LogP contribution in [0.2, 0.25) is 0 Å². The third-order valence-electron chi connectivity index (χ3n) is 2.34. The van der Waals surface area contributed by atoms with Gasteiger partial charge in [-0.15, -0.1) is 0 Å². The van der Waals surface area contributed by atoms with Gasteiger partial charge < -0.3 is 9.15 Å². The molecule has 0 saturated heterocycles. The maximum atomic E-state index is 11.2. The zero-order valence-electron chi connectivity index (χ0n) is 9.22. The molecule has 88 valence electrons. The first-order chi connectivity index (χ1) is 8.02.